The lowest BCUT2D eigenvalue weighted by Gasteiger charge is -2.08. The first-order valence-electron chi connectivity index (χ1n) is 9.28. The largest absolute Gasteiger partial charge is 0.322 e. The van der Waals surface area contributed by atoms with E-state index >= 15 is 0 Å². The highest BCUT2D eigenvalue weighted by molar-refractivity contribution is 6.37. The number of rotatable bonds is 7. The maximum atomic E-state index is 12.4. The number of carbonyl (C=O) groups is 2. The Balaban J connectivity index is 1.65. The van der Waals surface area contributed by atoms with Crippen molar-refractivity contribution in [3.8, 4) is 0 Å². The van der Waals surface area contributed by atoms with Crippen molar-refractivity contribution in [2.75, 3.05) is 5.32 Å². The van der Waals surface area contributed by atoms with Crippen LogP contribution in [0, 0.1) is 20.2 Å². The minimum atomic E-state index is -0.791. The highest BCUT2D eigenvalue weighted by atomic mass is 35.5. The predicted octanol–water partition coefficient (Wildman–Crippen LogP) is 4.83. The van der Waals surface area contributed by atoms with Gasteiger partial charge in [0.1, 0.15) is 0 Å². The van der Waals surface area contributed by atoms with Crippen LogP contribution in [0.5, 0.6) is 0 Å². The second kappa shape index (κ2) is 10.5. The van der Waals surface area contributed by atoms with Gasteiger partial charge >= 0.3 is 0 Å². The van der Waals surface area contributed by atoms with Crippen LogP contribution in [0.15, 0.2) is 65.8 Å². The summed E-state index contributed by atoms with van der Waals surface area (Å²) in [6, 6.07) is 13.3. The van der Waals surface area contributed by atoms with E-state index < -0.39 is 33.0 Å². The van der Waals surface area contributed by atoms with Crippen molar-refractivity contribution in [2.45, 2.75) is 0 Å². The summed E-state index contributed by atoms with van der Waals surface area (Å²) in [5.41, 5.74) is 2.01. The molecule has 0 heterocycles. The van der Waals surface area contributed by atoms with Crippen LogP contribution in [0.3, 0.4) is 0 Å². The van der Waals surface area contributed by atoms with Gasteiger partial charge in [-0.25, -0.2) is 5.43 Å². The molecule has 0 aliphatic rings. The average Bonchev–Trinajstić information content (AvgIpc) is 2.79. The van der Waals surface area contributed by atoms with E-state index in [9.17, 15) is 29.8 Å². The number of halogens is 2. The Kier molecular flexibility index (Phi) is 7.51. The first kappa shape index (κ1) is 24.3. The van der Waals surface area contributed by atoms with E-state index in [1.165, 1.54) is 42.5 Å². The van der Waals surface area contributed by atoms with Gasteiger partial charge in [-0.05, 0) is 48.5 Å². The lowest BCUT2D eigenvalue weighted by atomic mass is 10.1. The Hall–Kier alpha value is -4.35. The van der Waals surface area contributed by atoms with Crippen molar-refractivity contribution in [1.29, 1.82) is 0 Å². The third-order valence-corrected chi connectivity index (χ3v) is 4.92. The molecule has 0 radical (unpaired) electrons. The van der Waals surface area contributed by atoms with Gasteiger partial charge in [-0.2, -0.15) is 5.10 Å². The molecule has 34 heavy (non-hydrogen) atoms. The predicted molar refractivity (Wildman–Crippen MR) is 126 cm³/mol. The van der Waals surface area contributed by atoms with E-state index in [2.05, 4.69) is 15.8 Å². The quantitative estimate of drug-likeness (QED) is 0.268. The number of hydrogen-bond donors (Lipinski definition) is 2. The van der Waals surface area contributed by atoms with Crippen LogP contribution >= 0.6 is 23.2 Å². The first-order chi connectivity index (χ1) is 16.2. The van der Waals surface area contributed by atoms with Gasteiger partial charge in [0.05, 0.1) is 38.3 Å². The molecule has 0 saturated heterocycles. The van der Waals surface area contributed by atoms with Crippen LogP contribution in [0.2, 0.25) is 10.0 Å². The molecule has 0 aliphatic carbocycles. The standard InChI is InChI=1S/C21H13Cl2N5O6/c22-14-4-8-17(18(23)9-14)21(30)25-15-5-1-12(2-6-15)20(29)26-24-11-13-3-7-16(27(31)32)10-19(13)28(33)34/h1-11H,(H,25,30)(H,26,29)/b24-11-. The Bertz CT molecular complexity index is 1330. The third-order valence-electron chi connectivity index (χ3n) is 4.37. The van der Waals surface area contributed by atoms with Gasteiger partial charge in [0.2, 0.25) is 0 Å². The number of amides is 2. The fourth-order valence-corrected chi connectivity index (χ4v) is 3.21. The van der Waals surface area contributed by atoms with Gasteiger partial charge in [0, 0.05) is 22.3 Å². The zero-order chi connectivity index (χ0) is 24.8. The summed E-state index contributed by atoms with van der Waals surface area (Å²) < 4.78 is 0. The molecule has 0 unspecified atom stereocenters. The van der Waals surface area contributed by atoms with Gasteiger partial charge in [0.25, 0.3) is 23.2 Å². The summed E-state index contributed by atoms with van der Waals surface area (Å²) in [4.78, 5) is 45.0. The normalized spacial score (nSPS) is 10.6. The van der Waals surface area contributed by atoms with E-state index in [-0.39, 0.29) is 21.7 Å². The van der Waals surface area contributed by atoms with Gasteiger partial charge < -0.3 is 5.32 Å². The molecule has 3 aromatic carbocycles. The average molecular weight is 502 g/mol. The topological polar surface area (TPSA) is 157 Å². The number of anilines is 1. The molecule has 0 atom stereocenters. The van der Waals surface area contributed by atoms with E-state index in [1.807, 2.05) is 0 Å². The van der Waals surface area contributed by atoms with Gasteiger partial charge in [0.15, 0.2) is 0 Å². The molecule has 0 spiro atoms. The first-order valence-corrected chi connectivity index (χ1v) is 10.0. The minimum absolute atomic E-state index is 0.0326. The monoisotopic (exact) mass is 501 g/mol. The Morgan fingerprint density at radius 3 is 2.21 bits per heavy atom. The molecule has 0 aliphatic heterocycles. The van der Waals surface area contributed by atoms with Crippen molar-refractivity contribution in [1.82, 2.24) is 5.43 Å². The molecule has 0 fully saturated rings. The lowest BCUT2D eigenvalue weighted by Crippen LogP contribution is -2.18. The molecule has 0 bridgehead atoms. The number of nitrogens with one attached hydrogen (secondary N) is 2. The van der Waals surface area contributed by atoms with E-state index in [1.54, 1.807) is 0 Å². The van der Waals surface area contributed by atoms with Crippen LogP contribution in [0.4, 0.5) is 17.1 Å². The van der Waals surface area contributed by atoms with Crippen LogP contribution in [-0.4, -0.2) is 27.9 Å². The van der Waals surface area contributed by atoms with E-state index in [0.29, 0.717) is 10.7 Å². The number of nitro groups is 2. The second-order valence-corrected chi connectivity index (χ2v) is 7.46. The molecular weight excluding hydrogens is 489 g/mol. The van der Waals surface area contributed by atoms with Crippen LogP contribution in [-0.2, 0) is 0 Å². The summed E-state index contributed by atoms with van der Waals surface area (Å²) >= 11 is 11.8. The molecule has 2 N–H and O–H groups in total. The third kappa shape index (κ3) is 5.91. The number of nitrogens with zero attached hydrogens (tertiary/aromatic N) is 3. The highest BCUT2D eigenvalue weighted by Gasteiger charge is 2.18. The van der Waals surface area contributed by atoms with Crippen molar-refractivity contribution in [3.05, 3.63) is 108 Å². The SMILES string of the molecule is O=C(N/N=C\c1ccc([N+](=O)[O-])cc1[N+](=O)[O-])c1ccc(NC(=O)c2ccc(Cl)cc2Cl)cc1. The molecule has 2 amide bonds. The Labute approximate surface area is 201 Å². The number of carbonyl (C=O) groups excluding carboxylic acids is 2. The molecule has 13 heteroatoms. The van der Waals surface area contributed by atoms with Crippen LogP contribution < -0.4 is 10.7 Å². The number of nitro benzene ring substituents is 2. The fraction of sp³-hybridized carbons (Fsp3) is 0. The number of benzene rings is 3. The zero-order valence-electron chi connectivity index (χ0n) is 16.9. The van der Waals surface area contributed by atoms with Crippen molar-refractivity contribution >= 4 is 58.3 Å². The van der Waals surface area contributed by atoms with Crippen molar-refractivity contribution in [3.63, 3.8) is 0 Å². The summed E-state index contributed by atoms with van der Waals surface area (Å²) in [5, 5.41) is 28.8. The minimum Gasteiger partial charge on any atom is -0.322 e. The molecule has 0 aromatic heterocycles. The molecular formula is C21H13Cl2N5O6. The van der Waals surface area contributed by atoms with Crippen molar-refractivity contribution < 1.29 is 19.4 Å². The summed E-state index contributed by atoms with van der Waals surface area (Å²) in [6.45, 7) is 0. The lowest BCUT2D eigenvalue weighted by molar-refractivity contribution is -0.394. The molecule has 172 valence electrons. The summed E-state index contributed by atoms with van der Waals surface area (Å²) in [6.07, 6.45) is 1.00. The van der Waals surface area contributed by atoms with E-state index in [4.69, 9.17) is 23.2 Å². The smallest absolute Gasteiger partial charge is 0.285 e. The second-order valence-electron chi connectivity index (χ2n) is 6.61. The number of hydrazone groups is 1. The molecule has 3 aromatic rings. The molecule has 3 rings (SSSR count). The summed E-state index contributed by atoms with van der Waals surface area (Å²) in [7, 11) is 0. The van der Waals surface area contributed by atoms with Crippen LogP contribution in [0.1, 0.15) is 26.3 Å². The van der Waals surface area contributed by atoms with Crippen LogP contribution in [0.25, 0.3) is 0 Å². The fourth-order valence-electron chi connectivity index (χ4n) is 2.71. The van der Waals surface area contributed by atoms with Crippen molar-refractivity contribution in [2.24, 2.45) is 5.10 Å². The van der Waals surface area contributed by atoms with Gasteiger partial charge in [-0.1, -0.05) is 23.2 Å². The van der Waals surface area contributed by atoms with Gasteiger partial charge in [-0.15, -0.1) is 0 Å². The zero-order valence-corrected chi connectivity index (χ0v) is 18.4. The number of hydrogen-bond acceptors (Lipinski definition) is 7. The molecule has 11 nitrogen and oxygen atoms in total. The number of non-ortho nitro benzene ring substituents is 1. The maximum absolute atomic E-state index is 12.4. The highest BCUT2D eigenvalue weighted by Crippen LogP contribution is 2.24. The summed E-state index contributed by atoms with van der Waals surface area (Å²) in [5.74, 6) is -1.09. The Morgan fingerprint density at radius 2 is 1.59 bits per heavy atom. The maximum Gasteiger partial charge on any atom is 0.285 e. The van der Waals surface area contributed by atoms with Gasteiger partial charge in [-0.3, -0.25) is 29.8 Å². The molecule has 0 saturated carbocycles. The van der Waals surface area contributed by atoms with E-state index in [0.717, 1.165) is 24.4 Å². The Morgan fingerprint density at radius 1 is 0.882 bits per heavy atom.